The van der Waals surface area contributed by atoms with Crippen LogP contribution in [0.15, 0.2) is 11.1 Å². The molecule has 0 unspecified atom stereocenters. The molecule has 1 heterocycles. The first-order valence-electron chi connectivity index (χ1n) is 5.68. The molecular weight excluding hydrogens is 202 g/mol. The number of aliphatic imine (C=N–C) groups is 1. The van der Waals surface area contributed by atoms with Crippen molar-refractivity contribution in [2.75, 3.05) is 13.1 Å². The third kappa shape index (κ3) is 3.92. The van der Waals surface area contributed by atoms with Crippen molar-refractivity contribution in [3.05, 3.63) is 17.5 Å². The first-order chi connectivity index (χ1) is 7.63. The van der Waals surface area contributed by atoms with Gasteiger partial charge in [0.05, 0.1) is 5.69 Å². The Morgan fingerprint density at radius 1 is 1.56 bits per heavy atom. The van der Waals surface area contributed by atoms with Crippen molar-refractivity contribution >= 4 is 5.96 Å². The number of nitrogens with two attached hydrogens (primary N) is 1. The van der Waals surface area contributed by atoms with Crippen LogP contribution in [0.1, 0.15) is 24.7 Å². The molecule has 1 rings (SSSR count). The number of hydrogen-bond donors (Lipinski definition) is 2. The maximum Gasteiger partial charge on any atom is 0.188 e. The van der Waals surface area contributed by atoms with Crippen molar-refractivity contribution in [3.63, 3.8) is 0 Å². The highest BCUT2D eigenvalue weighted by Crippen LogP contribution is 2.02. The highest BCUT2D eigenvalue weighted by molar-refractivity contribution is 5.77. The summed E-state index contributed by atoms with van der Waals surface area (Å²) in [5.41, 5.74) is 7.87. The summed E-state index contributed by atoms with van der Waals surface area (Å²) in [4.78, 5) is 4.21. The molecule has 0 aliphatic carbocycles. The zero-order valence-corrected chi connectivity index (χ0v) is 10.3. The minimum atomic E-state index is 0.524. The number of aromatic nitrogens is 2. The fraction of sp³-hybridized carbons (Fsp3) is 0.636. The summed E-state index contributed by atoms with van der Waals surface area (Å²) in [5, 5.41) is 7.35. The Hall–Kier alpha value is -1.52. The van der Waals surface area contributed by atoms with Gasteiger partial charge in [0, 0.05) is 25.3 Å². The first kappa shape index (κ1) is 12.5. The van der Waals surface area contributed by atoms with E-state index >= 15 is 0 Å². The van der Waals surface area contributed by atoms with Crippen LogP contribution in [-0.4, -0.2) is 28.8 Å². The quantitative estimate of drug-likeness (QED) is 0.441. The number of rotatable bonds is 5. The smallest absolute Gasteiger partial charge is 0.188 e. The maximum absolute atomic E-state index is 5.61. The number of hydrogen-bond acceptors (Lipinski definition) is 2. The Bertz CT molecular complexity index is 353. The van der Waals surface area contributed by atoms with E-state index in [1.807, 2.05) is 18.5 Å². The molecule has 3 N–H and O–H groups in total. The standard InChI is InChI=1S/C11H21N5/c1-4-13-11(12)14-6-5-7-16-10(3)8-9(2)15-16/h8H,4-7H2,1-3H3,(H3,12,13,14). The molecule has 0 aliphatic heterocycles. The lowest BCUT2D eigenvalue weighted by molar-refractivity contribution is 0.567. The molecule has 0 fully saturated rings. The van der Waals surface area contributed by atoms with Crippen LogP contribution in [0.25, 0.3) is 0 Å². The van der Waals surface area contributed by atoms with Crippen molar-refractivity contribution in [2.24, 2.45) is 10.7 Å². The number of nitrogens with one attached hydrogen (secondary N) is 1. The van der Waals surface area contributed by atoms with E-state index in [2.05, 4.69) is 28.4 Å². The molecule has 0 aromatic carbocycles. The summed E-state index contributed by atoms with van der Waals surface area (Å²) < 4.78 is 2.01. The van der Waals surface area contributed by atoms with Gasteiger partial charge in [-0.15, -0.1) is 0 Å². The summed E-state index contributed by atoms with van der Waals surface area (Å²) in [6, 6.07) is 2.08. The SMILES string of the molecule is CCNC(N)=NCCCn1nc(C)cc1C. The molecule has 16 heavy (non-hydrogen) atoms. The van der Waals surface area contributed by atoms with Crippen LogP contribution >= 0.6 is 0 Å². The van der Waals surface area contributed by atoms with Crippen molar-refractivity contribution in [2.45, 2.75) is 33.7 Å². The van der Waals surface area contributed by atoms with Crippen molar-refractivity contribution < 1.29 is 0 Å². The first-order valence-corrected chi connectivity index (χ1v) is 5.68. The Morgan fingerprint density at radius 3 is 2.88 bits per heavy atom. The molecule has 5 heteroatoms. The lowest BCUT2D eigenvalue weighted by atomic mass is 10.4. The lowest BCUT2D eigenvalue weighted by Crippen LogP contribution is -2.31. The molecule has 0 atom stereocenters. The van der Waals surface area contributed by atoms with Gasteiger partial charge < -0.3 is 11.1 Å². The van der Waals surface area contributed by atoms with Gasteiger partial charge in [-0.3, -0.25) is 9.67 Å². The molecule has 0 spiro atoms. The molecule has 0 amide bonds. The van der Waals surface area contributed by atoms with E-state index in [1.54, 1.807) is 0 Å². The third-order valence-electron chi connectivity index (χ3n) is 2.27. The topological polar surface area (TPSA) is 68.2 Å². The molecule has 0 radical (unpaired) electrons. The lowest BCUT2D eigenvalue weighted by Gasteiger charge is -2.03. The van der Waals surface area contributed by atoms with Gasteiger partial charge >= 0.3 is 0 Å². The second-order valence-corrected chi connectivity index (χ2v) is 3.80. The monoisotopic (exact) mass is 223 g/mol. The Morgan fingerprint density at radius 2 is 2.31 bits per heavy atom. The summed E-state index contributed by atoms with van der Waals surface area (Å²) in [6.45, 7) is 8.51. The van der Waals surface area contributed by atoms with E-state index in [9.17, 15) is 0 Å². The van der Waals surface area contributed by atoms with Crippen LogP contribution < -0.4 is 11.1 Å². The van der Waals surface area contributed by atoms with Crippen LogP contribution in [0.2, 0.25) is 0 Å². The van der Waals surface area contributed by atoms with E-state index in [0.717, 1.165) is 31.7 Å². The summed E-state index contributed by atoms with van der Waals surface area (Å²) in [5.74, 6) is 0.524. The predicted octanol–water partition coefficient (Wildman–Crippen LogP) is 0.814. The average molecular weight is 223 g/mol. The summed E-state index contributed by atoms with van der Waals surface area (Å²) >= 11 is 0. The number of guanidine groups is 1. The zero-order chi connectivity index (χ0) is 12.0. The van der Waals surface area contributed by atoms with E-state index in [1.165, 1.54) is 5.69 Å². The van der Waals surface area contributed by atoms with Gasteiger partial charge in [-0.1, -0.05) is 0 Å². The predicted molar refractivity (Wildman–Crippen MR) is 66.5 cm³/mol. The molecule has 0 aliphatic rings. The fourth-order valence-corrected chi connectivity index (χ4v) is 1.56. The Balaban J connectivity index is 2.31. The van der Waals surface area contributed by atoms with E-state index in [-0.39, 0.29) is 0 Å². The molecule has 90 valence electrons. The number of nitrogens with zero attached hydrogens (tertiary/aromatic N) is 3. The zero-order valence-electron chi connectivity index (χ0n) is 10.3. The molecule has 0 bridgehead atoms. The molecular formula is C11H21N5. The van der Waals surface area contributed by atoms with Crippen LogP contribution in [-0.2, 0) is 6.54 Å². The van der Waals surface area contributed by atoms with Gasteiger partial charge in [-0.05, 0) is 33.3 Å². The van der Waals surface area contributed by atoms with Crippen LogP contribution in [0.5, 0.6) is 0 Å². The molecule has 1 aromatic rings. The van der Waals surface area contributed by atoms with Gasteiger partial charge in [0.2, 0.25) is 0 Å². The second-order valence-electron chi connectivity index (χ2n) is 3.80. The highest BCUT2D eigenvalue weighted by Gasteiger charge is 1.99. The van der Waals surface area contributed by atoms with Crippen molar-refractivity contribution in [1.82, 2.24) is 15.1 Å². The average Bonchev–Trinajstić information content (AvgIpc) is 2.53. The van der Waals surface area contributed by atoms with E-state index in [4.69, 9.17) is 5.73 Å². The van der Waals surface area contributed by atoms with Gasteiger partial charge in [0.25, 0.3) is 0 Å². The molecule has 0 saturated carbocycles. The molecule has 5 nitrogen and oxygen atoms in total. The largest absolute Gasteiger partial charge is 0.370 e. The second kappa shape index (κ2) is 6.15. The Kier molecular flexibility index (Phi) is 4.82. The van der Waals surface area contributed by atoms with Crippen molar-refractivity contribution in [1.29, 1.82) is 0 Å². The minimum absolute atomic E-state index is 0.524. The van der Waals surface area contributed by atoms with E-state index in [0.29, 0.717) is 5.96 Å². The van der Waals surface area contributed by atoms with Crippen LogP contribution in [0, 0.1) is 13.8 Å². The maximum atomic E-state index is 5.61. The fourth-order valence-electron chi connectivity index (χ4n) is 1.56. The number of aryl methyl sites for hydroxylation is 3. The highest BCUT2D eigenvalue weighted by atomic mass is 15.3. The van der Waals surface area contributed by atoms with Gasteiger partial charge in [-0.25, -0.2) is 0 Å². The van der Waals surface area contributed by atoms with Gasteiger partial charge in [0.15, 0.2) is 5.96 Å². The van der Waals surface area contributed by atoms with E-state index < -0.39 is 0 Å². The van der Waals surface area contributed by atoms with Crippen LogP contribution in [0.3, 0.4) is 0 Å². The molecule has 0 saturated heterocycles. The van der Waals surface area contributed by atoms with Gasteiger partial charge in [-0.2, -0.15) is 5.10 Å². The van der Waals surface area contributed by atoms with Crippen molar-refractivity contribution in [3.8, 4) is 0 Å². The third-order valence-corrected chi connectivity index (χ3v) is 2.27. The minimum Gasteiger partial charge on any atom is -0.370 e. The molecule has 1 aromatic heterocycles. The normalized spacial score (nSPS) is 11.8. The van der Waals surface area contributed by atoms with Crippen LogP contribution in [0.4, 0.5) is 0 Å². The summed E-state index contributed by atoms with van der Waals surface area (Å²) in [6.07, 6.45) is 0.952. The summed E-state index contributed by atoms with van der Waals surface area (Å²) in [7, 11) is 0. The van der Waals surface area contributed by atoms with Gasteiger partial charge in [0.1, 0.15) is 0 Å². The Labute approximate surface area is 96.7 Å².